The molecule has 0 spiro atoms. The summed E-state index contributed by atoms with van der Waals surface area (Å²) < 4.78 is 0. The SMILES string of the molecule is Cc1ccc(NC(=O)Cc2csc(CN(C)C)n2)c(C)c1. The molecule has 1 aromatic heterocycles. The molecule has 0 saturated carbocycles. The van der Waals surface area contributed by atoms with E-state index in [0.717, 1.165) is 28.5 Å². The summed E-state index contributed by atoms with van der Waals surface area (Å²) in [4.78, 5) is 18.6. The molecule has 4 nitrogen and oxygen atoms in total. The summed E-state index contributed by atoms with van der Waals surface area (Å²) in [5, 5.41) is 5.95. The Morgan fingerprint density at radius 3 is 2.76 bits per heavy atom. The van der Waals surface area contributed by atoms with E-state index in [1.807, 2.05) is 45.5 Å². The average Bonchev–Trinajstić information content (AvgIpc) is 2.79. The predicted octanol–water partition coefficient (Wildman–Crippen LogP) is 3.00. The van der Waals surface area contributed by atoms with Gasteiger partial charge in [0.1, 0.15) is 5.01 Å². The van der Waals surface area contributed by atoms with E-state index in [0.29, 0.717) is 6.42 Å². The van der Waals surface area contributed by atoms with E-state index in [2.05, 4.69) is 21.3 Å². The first kappa shape index (κ1) is 15.7. The van der Waals surface area contributed by atoms with Crippen LogP contribution in [0.25, 0.3) is 0 Å². The van der Waals surface area contributed by atoms with Gasteiger partial charge in [0.2, 0.25) is 5.91 Å². The van der Waals surface area contributed by atoms with Crippen molar-refractivity contribution < 1.29 is 4.79 Å². The molecular weight excluding hydrogens is 282 g/mol. The number of nitrogens with one attached hydrogen (secondary N) is 1. The molecule has 1 amide bonds. The largest absolute Gasteiger partial charge is 0.326 e. The first-order valence-corrected chi connectivity index (χ1v) is 7.77. The maximum absolute atomic E-state index is 12.1. The monoisotopic (exact) mass is 303 g/mol. The molecule has 2 rings (SSSR count). The summed E-state index contributed by atoms with van der Waals surface area (Å²) in [6.45, 7) is 4.85. The normalized spacial score (nSPS) is 10.9. The fourth-order valence-corrected chi connectivity index (χ4v) is 3.00. The van der Waals surface area contributed by atoms with Crippen LogP contribution in [0.3, 0.4) is 0 Å². The molecule has 0 saturated heterocycles. The van der Waals surface area contributed by atoms with Crippen molar-refractivity contribution in [2.75, 3.05) is 19.4 Å². The molecule has 21 heavy (non-hydrogen) atoms. The fourth-order valence-electron chi connectivity index (χ4n) is 2.09. The number of carbonyl (C=O) groups is 1. The van der Waals surface area contributed by atoms with Gasteiger partial charge in [-0.15, -0.1) is 11.3 Å². The molecule has 0 fully saturated rings. The minimum Gasteiger partial charge on any atom is -0.326 e. The summed E-state index contributed by atoms with van der Waals surface area (Å²) in [5.74, 6) is -0.0244. The highest BCUT2D eigenvalue weighted by Crippen LogP contribution is 2.17. The highest BCUT2D eigenvalue weighted by atomic mass is 32.1. The number of benzene rings is 1. The van der Waals surface area contributed by atoms with Crippen LogP contribution in [0.2, 0.25) is 0 Å². The summed E-state index contributed by atoms with van der Waals surface area (Å²) >= 11 is 1.60. The molecule has 0 aliphatic heterocycles. The number of thiazole rings is 1. The van der Waals surface area contributed by atoms with E-state index in [-0.39, 0.29) is 5.91 Å². The maximum atomic E-state index is 12.1. The lowest BCUT2D eigenvalue weighted by molar-refractivity contribution is -0.115. The third-order valence-corrected chi connectivity index (χ3v) is 3.93. The van der Waals surface area contributed by atoms with Crippen LogP contribution in [0, 0.1) is 13.8 Å². The summed E-state index contributed by atoms with van der Waals surface area (Å²) in [6.07, 6.45) is 0.317. The quantitative estimate of drug-likeness (QED) is 0.923. The molecule has 1 aromatic carbocycles. The first-order valence-electron chi connectivity index (χ1n) is 6.89. The Labute approximate surface area is 129 Å². The Morgan fingerprint density at radius 1 is 1.33 bits per heavy atom. The van der Waals surface area contributed by atoms with Crippen molar-refractivity contribution in [2.24, 2.45) is 0 Å². The Balaban J connectivity index is 1.96. The van der Waals surface area contributed by atoms with E-state index in [1.165, 1.54) is 5.56 Å². The van der Waals surface area contributed by atoms with Crippen molar-refractivity contribution in [1.29, 1.82) is 0 Å². The molecule has 0 bridgehead atoms. The van der Waals surface area contributed by atoms with Crippen molar-refractivity contribution in [2.45, 2.75) is 26.8 Å². The van der Waals surface area contributed by atoms with Crippen molar-refractivity contribution >= 4 is 22.9 Å². The van der Waals surface area contributed by atoms with Crippen LogP contribution in [-0.4, -0.2) is 29.9 Å². The number of carbonyl (C=O) groups excluding carboxylic acids is 1. The van der Waals surface area contributed by atoms with E-state index in [1.54, 1.807) is 11.3 Å². The van der Waals surface area contributed by atoms with Gasteiger partial charge in [-0.3, -0.25) is 4.79 Å². The zero-order chi connectivity index (χ0) is 15.4. The Hall–Kier alpha value is -1.72. The van der Waals surface area contributed by atoms with E-state index in [9.17, 15) is 4.79 Å². The van der Waals surface area contributed by atoms with E-state index < -0.39 is 0 Å². The summed E-state index contributed by atoms with van der Waals surface area (Å²) in [6, 6.07) is 6.01. The zero-order valence-corrected chi connectivity index (χ0v) is 13.8. The Kier molecular flexibility index (Phi) is 5.09. The third kappa shape index (κ3) is 4.65. The standard InChI is InChI=1S/C16H21N3OS/c1-11-5-6-14(12(2)7-11)18-15(20)8-13-10-21-16(17-13)9-19(3)4/h5-7,10H,8-9H2,1-4H3,(H,18,20). The summed E-state index contributed by atoms with van der Waals surface area (Å²) in [7, 11) is 4.02. The van der Waals surface area contributed by atoms with Crippen LogP contribution in [-0.2, 0) is 17.8 Å². The number of amides is 1. The number of hydrogen-bond donors (Lipinski definition) is 1. The lowest BCUT2D eigenvalue weighted by Crippen LogP contribution is -2.15. The summed E-state index contributed by atoms with van der Waals surface area (Å²) in [5.41, 5.74) is 3.97. The second-order valence-electron chi connectivity index (χ2n) is 5.51. The molecule has 0 unspecified atom stereocenters. The fraction of sp³-hybridized carbons (Fsp3) is 0.375. The number of rotatable bonds is 5. The molecule has 112 valence electrons. The molecule has 0 atom stereocenters. The highest BCUT2D eigenvalue weighted by molar-refractivity contribution is 7.09. The van der Waals surface area contributed by atoms with Crippen LogP contribution < -0.4 is 5.32 Å². The molecule has 2 aromatic rings. The molecule has 1 heterocycles. The number of hydrogen-bond acceptors (Lipinski definition) is 4. The third-order valence-electron chi connectivity index (χ3n) is 3.05. The zero-order valence-electron chi connectivity index (χ0n) is 12.9. The lowest BCUT2D eigenvalue weighted by Gasteiger charge is -2.08. The van der Waals surface area contributed by atoms with Gasteiger partial charge in [-0.1, -0.05) is 17.7 Å². The lowest BCUT2D eigenvalue weighted by atomic mass is 10.1. The van der Waals surface area contributed by atoms with Gasteiger partial charge in [0.15, 0.2) is 0 Å². The van der Waals surface area contributed by atoms with Crippen molar-refractivity contribution in [3.05, 3.63) is 45.4 Å². The van der Waals surface area contributed by atoms with Gasteiger partial charge in [0.05, 0.1) is 12.1 Å². The molecule has 5 heteroatoms. The van der Waals surface area contributed by atoms with Gasteiger partial charge in [-0.25, -0.2) is 4.98 Å². The van der Waals surface area contributed by atoms with Crippen molar-refractivity contribution in [3.63, 3.8) is 0 Å². The second-order valence-corrected chi connectivity index (χ2v) is 6.46. The van der Waals surface area contributed by atoms with Gasteiger partial charge in [0, 0.05) is 17.6 Å². The average molecular weight is 303 g/mol. The Morgan fingerprint density at radius 2 is 2.10 bits per heavy atom. The number of anilines is 1. The van der Waals surface area contributed by atoms with Gasteiger partial charge >= 0.3 is 0 Å². The van der Waals surface area contributed by atoms with Crippen molar-refractivity contribution in [1.82, 2.24) is 9.88 Å². The highest BCUT2D eigenvalue weighted by Gasteiger charge is 2.09. The Bertz CT molecular complexity index is 634. The minimum atomic E-state index is -0.0244. The van der Waals surface area contributed by atoms with Crippen LogP contribution in [0.1, 0.15) is 21.8 Å². The predicted molar refractivity (Wildman–Crippen MR) is 87.8 cm³/mol. The van der Waals surface area contributed by atoms with Crippen LogP contribution >= 0.6 is 11.3 Å². The number of aromatic nitrogens is 1. The number of aryl methyl sites for hydroxylation is 2. The van der Waals surface area contributed by atoms with Crippen LogP contribution in [0.15, 0.2) is 23.6 Å². The van der Waals surface area contributed by atoms with Crippen molar-refractivity contribution in [3.8, 4) is 0 Å². The van der Waals surface area contributed by atoms with Crippen LogP contribution in [0.5, 0.6) is 0 Å². The van der Waals surface area contributed by atoms with E-state index in [4.69, 9.17) is 0 Å². The molecular formula is C16H21N3OS. The van der Waals surface area contributed by atoms with Crippen LogP contribution in [0.4, 0.5) is 5.69 Å². The molecule has 0 aliphatic rings. The van der Waals surface area contributed by atoms with Gasteiger partial charge in [-0.2, -0.15) is 0 Å². The first-order chi connectivity index (χ1) is 9.94. The van der Waals surface area contributed by atoms with Gasteiger partial charge < -0.3 is 10.2 Å². The maximum Gasteiger partial charge on any atom is 0.230 e. The smallest absolute Gasteiger partial charge is 0.230 e. The second kappa shape index (κ2) is 6.83. The number of nitrogens with zero attached hydrogens (tertiary/aromatic N) is 2. The molecule has 1 N–H and O–H groups in total. The van der Waals surface area contributed by atoms with Gasteiger partial charge in [0.25, 0.3) is 0 Å². The minimum absolute atomic E-state index is 0.0244. The van der Waals surface area contributed by atoms with E-state index >= 15 is 0 Å². The molecule has 0 radical (unpaired) electrons. The topological polar surface area (TPSA) is 45.2 Å². The molecule has 0 aliphatic carbocycles. The van der Waals surface area contributed by atoms with Gasteiger partial charge in [-0.05, 0) is 39.6 Å².